The molecule has 0 radical (unpaired) electrons. The zero-order valence-corrected chi connectivity index (χ0v) is 18.1. The lowest BCUT2D eigenvalue weighted by Crippen LogP contribution is -2.64. The lowest BCUT2D eigenvalue weighted by Gasteiger charge is -2.34. The molecule has 1 N–H and O–H groups in total. The summed E-state index contributed by atoms with van der Waals surface area (Å²) >= 11 is 0. The molecule has 4 rings (SSSR count). The number of para-hydroxylation sites is 1. The summed E-state index contributed by atoms with van der Waals surface area (Å²) in [6.45, 7) is 0. The number of carbonyl (C=O) groups is 2. The molecule has 1 aliphatic carbocycles. The first-order valence-corrected chi connectivity index (χ1v) is 10.8. The van der Waals surface area contributed by atoms with Gasteiger partial charge in [-0.05, 0) is 25.0 Å². The van der Waals surface area contributed by atoms with Crippen LogP contribution in [-0.4, -0.2) is 47.5 Å². The largest absolute Gasteiger partial charge is 0.496 e. The monoisotopic (exact) mass is 459 g/mol. The number of nitrogens with one attached hydrogen (secondary N) is 1. The number of carbonyl (C=O) groups excluding carboxylic acids is 2. The maximum atomic E-state index is 14.6. The average molecular weight is 459 g/mol. The summed E-state index contributed by atoms with van der Waals surface area (Å²) in [5.41, 5.74) is -3.16. The van der Waals surface area contributed by atoms with Crippen LogP contribution >= 0.6 is 0 Å². The van der Waals surface area contributed by atoms with Crippen molar-refractivity contribution in [3.05, 3.63) is 65.7 Å². The first-order valence-electron chi connectivity index (χ1n) is 10.8. The van der Waals surface area contributed by atoms with Gasteiger partial charge in [0, 0.05) is 11.6 Å². The van der Waals surface area contributed by atoms with Crippen molar-refractivity contribution >= 4 is 17.6 Å². The number of benzene rings is 2. The standard InChI is InChI=1S/C24H24F3N3O3/c1-33-19-15-9-8-14-18(19)21(31)29-23(24(25,26)27)22(32)30(17-12-6-3-7-13-17)20(28-23)16-10-4-2-5-11-16/h2,4-5,8-11,14-15,17H,3,6-7,12-13H2,1H3,(H,29,31). The Hall–Kier alpha value is -3.36. The van der Waals surface area contributed by atoms with Crippen molar-refractivity contribution < 1.29 is 27.5 Å². The number of ether oxygens (including phenoxy) is 1. The molecule has 1 aliphatic heterocycles. The van der Waals surface area contributed by atoms with Crippen molar-refractivity contribution in [3.63, 3.8) is 0 Å². The first kappa shape index (κ1) is 22.8. The van der Waals surface area contributed by atoms with Gasteiger partial charge in [0.1, 0.15) is 11.6 Å². The molecule has 2 amide bonds. The second-order valence-electron chi connectivity index (χ2n) is 8.13. The summed E-state index contributed by atoms with van der Waals surface area (Å²) in [5, 5.41) is 1.92. The van der Waals surface area contributed by atoms with E-state index in [1.165, 1.54) is 25.3 Å². The third-order valence-corrected chi connectivity index (χ3v) is 6.06. The second-order valence-corrected chi connectivity index (χ2v) is 8.13. The predicted molar refractivity (Wildman–Crippen MR) is 116 cm³/mol. The Morgan fingerprint density at radius 3 is 2.33 bits per heavy atom. The SMILES string of the molecule is COc1ccccc1C(=O)NC1(C(F)(F)F)N=C(c2ccccc2)N(C2CCCCC2)C1=O. The third kappa shape index (κ3) is 4.07. The van der Waals surface area contributed by atoms with E-state index in [4.69, 9.17) is 4.74 Å². The molecule has 9 heteroatoms. The van der Waals surface area contributed by atoms with Crippen LogP contribution in [0, 0.1) is 0 Å². The molecule has 0 bridgehead atoms. The molecule has 1 atom stereocenters. The topological polar surface area (TPSA) is 71.0 Å². The Balaban J connectivity index is 1.81. The Morgan fingerprint density at radius 2 is 1.70 bits per heavy atom. The number of hydrogen-bond donors (Lipinski definition) is 1. The molecular formula is C24H24F3N3O3. The second kappa shape index (κ2) is 8.88. The lowest BCUT2D eigenvalue weighted by molar-refractivity contribution is -0.197. The molecule has 0 spiro atoms. The molecular weight excluding hydrogens is 435 g/mol. The minimum atomic E-state index is -5.16. The zero-order valence-electron chi connectivity index (χ0n) is 18.1. The third-order valence-electron chi connectivity index (χ3n) is 6.06. The number of amides is 2. The Morgan fingerprint density at radius 1 is 1.06 bits per heavy atom. The van der Waals surface area contributed by atoms with Crippen LogP contribution in [0.2, 0.25) is 0 Å². The Labute approximate surface area is 189 Å². The zero-order chi connectivity index (χ0) is 23.6. The summed E-state index contributed by atoms with van der Waals surface area (Å²) in [4.78, 5) is 31.6. The maximum Gasteiger partial charge on any atom is 0.442 e. The van der Waals surface area contributed by atoms with E-state index >= 15 is 0 Å². The molecule has 1 unspecified atom stereocenters. The van der Waals surface area contributed by atoms with Gasteiger partial charge in [0.25, 0.3) is 11.8 Å². The van der Waals surface area contributed by atoms with Crippen molar-refractivity contribution in [2.75, 3.05) is 7.11 Å². The van der Waals surface area contributed by atoms with Gasteiger partial charge in [-0.15, -0.1) is 0 Å². The molecule has 1 fully saturated rings. The number of methoxy groups -OCH3 is 1. The Bertz CT molecular complexity index is 1070. The number of alkyl halides is 3. The van der Waals surface area contributed by atoms with E-state index in [1.54, 1.807) is 36.4 Å². The van der Waals surface area contributed by atoms with Gasteiger partial charge in [-0.25, -0.2) is 4.99 Å². The highest BCUT2D eigenvalue weighted by Crippen LogP contribution is 2.41. The minimum absolute atomic E-state index is 0.0786. The fourth-order valence-electron chi connectivity index (χ4n) is 4.40. The average Bonchev–Trinajstić information content (AvgIpc) is 3.13. The van der Waals surface area contributed by atoms with E-state index in [1.807, 2.05) is 5.32 Å². The van der Waals surface area contributed by atoms with Crippen LogP contribution in [0.4, 0.5) is 13.2 Å². The summed E-state index contributed by atoms with van der Waals surface area (Å²) < 4.78 is 48.8. The fourth-order valence-corrected chi connectivity index (χ4v) is 4.40. The van der Waals surface area contributed by atoms with E-state index < -0.39 is 29.7 Å². The molecule has 174 valence electrons. The van der Waals surface area contributed by atoms with E-state index in [0.717, 1.165) is 24.2 Å². The van der Waals surface area contributed by atoms with Crippen molar-refractivity contribution in [1.29, 1.82) is 0 Å². The molecule has 2 aromatic carbocycles. The number of nitrogens with zero attached hydrogens (tertiary/aromatic N) is 2. The molecule has 2 aliphatic rings. The highest BCUT2D eigenvalue weighted by atomic mass is 19.4. The number of amidine groups is 1. The highest BCUT2D eigenvalue weighted by Gasteiger charge is 2.68. The Kier molecular flexibility index (Phi) is 6.14. The summed E-state index contributed by atoms with van der Waals surface area (Å²) in [7, 11) is 1.31. The smallest absolute Gasteiger partial charge is 0.442 e. The van der Waals surface area contributed by atoms with Crippen molar-refractivity contribution in [3.8, 4) is 5.75 Å². The van der Waals surface area contributed by atoms with Crippen LogP contribution in [0.5, 0.6) is 5.75 Å². The minimum Gasteiger partial charge on any atom is -0.496 e. The van der Waals surface area contributed by atoms with Gasteiger partial charge >= 0.3 is 11.8 Å². The normalized spacial score (nSPS) is 21.6. The molecule has 1 heterocycles. The van der Waals surface area contributed by atoms with Crippen LogP contribution in [0.3, 0.4) is 0 Å². The van der Waals surface area contributed by atoms with Crippen LogP contribution in [0.1, 0.15) is 48.0 Å². The number of aliphatic imine (C=N–C) groups is 1. The van der Waals surface area contributed by atoms with Gasteiger partial charge in [-0.3, -0.25) is 14.5 Å². The van der Waals surface area contributed by atoms with Crippen LogP contribution in [-0.2, 0) is 4.79 Å². The molecule has 2 aromatic rings. The first-order chi connectivity index (χ1) is 15.8. The number of hydrogen-bond acceptors (Lipinski definition) is 4. The maximum absolute atomic E-state index is 14.6. The van der Waals surface area contributed by atoms with Gasteiger partial charge in [0.2, 0.25) is 0 Å². The molecule has 0 saturated heterocycles. The van der Waals surface area contributed by atoms with Crippen LogP contribution < -0.4 is 10.1 Å². The molecule has 0 aromatic heterocycles. The lowest BCUT2D eigenvalue weighted by atomic mass is 9.93. The fraction of sp³-hybridized carbons (Fsp3) is 0.375. The van der Waals surface area contributed by atoms with Gasteiger partial charge in [-0.1, -0.05) is 61.7 Å². The quantitative estimate of drug-likeness (QED) is 0.725. The van der Waals surface area contributed by atoms with Gasteiger partial charge in [0.05, 0.1) is 12.7 Å². The van der Waals surface area contributed by atoms with Crippen LogP contribution in [0.25, 0.3) is 0 Å². The summed E-state index contributed by atoms with van der Waals surface area (Å²) in [6, 6.07) is 13.7. The van der Waals surface area contributed by atoms with E-state index in [0.29, 0.717) is 18.4 Å². The van der Waals surface area contributed by atoms with Crippen molar-refractivity contribution in [1.82, 2.24) is 10.2 Å². The number of rotatable bonds is 5. The van der Waals surface area contributed by atoms with E-state index in [-0.39, 0.29) is 17.1 Å². The van der Waals surface area contributed by atoms with Gasteiger partial charge in [0.15, 0.2) is 0 Å². The number of halogens is 3. The van der Waals surface area contributed by atoms with E-state index in [2.05, 4.69) is 4.99 Å². The van der Waals surface area contributed by atoms with Crippen molar-refractivity contribution in [2.45, 2.75) is 50.0 Å². The van der Waals surface area contributed by atoms with Crippen LogP contribution in [0.15, 0.2) is 59.6 Å². The molecule has 33 heavy (non-hydrogen) atoms. The predicted octanol–water partition coefficient (Wildman–Crippen LogP) is 4.31. The molecule has 1 saturated carbocycles. The summed E-state index contributed by atoms with van der Waals surface area (Å²) in [5.74, 6) is -2.37. The van der Waals surface area contributed by atoms with Gasteiger partial charge in [-0.2, -0.15) is 13.2 Å². The van der Waals surface area contributed by atoms with E-state index in [9.17, 15) is 22.8 Å². The summed E-state index contributed by atoms with van der Waals surface area (Å²) in [6.07, 6.45) is -1.43. The van der Waals surface area contributed by atoms with Crippen molar-refractivity contribution in [2.24, 2.45) is 4.99 Å². The highest BCUT2D eigenvalue weighted by molar-refractivity contribution is 6.17. The van der Waals surface area contributed by atoms with Gasteiger partial charge < -0.3 is 10.1 Å². The molecule has 6 nitrogen and oxygen atoms in total.